The summed E-state index contributed by atoms with van der Waals surface area (Å²) in [5, 5.41) is 23.3. The summed E-state index contributed by atoms with van der Waals surface area (Å²) < 4.78 is 0. The summed E-state index contributed by atoms with van der Waals surface area (Å²) in [6, 6.07) is 5.15. The van der Waals surface area contributed by atoms with Crippen LogP contribution in [0.15, 0.2) is 61.1 Å². The number of aliphatic hydroxyl groups is 1. The van der Waals surface area contributed by atoms with Gasteiger partial charge in [0.1, 0.15) is 24.0 Å². The summed E-state index contributed by atoms with van der Waals surface area (Å²) in [5.74, 6) is -3.40. The molecule has 2 aromatic rings. The molecule has 5 unspecified atom stereocenters. The fourth-order valence-electron chi connectivity index (χ4n) is 7.63. The van der Waals surface area contributed by atoms with Crippen LogP contribution >= 0.6 is 0 Å². The standard InChI is InChI=1S/C41H59N7O6/c1-9-26(10-2)32(34(49)39(53)44-25(5)27-15-12-11-13-16-27)46-38(52)33-29-18-14-17-28(29)23-48(33)40(54)35(41(6,7)8)47-36(50)30(21-24(3)4)45-37(51)31-22-42-19-20-43-31/h11-17,19-20,22,24-26,28-30,32-33,35-36,47,50H,9-10,18,21,23H2,1-8H3,(H,44,53)(H,45,51)(H,46,52)/t25-,28-,29-,30?,32?,33?,35?,36?/m0/s1. The predicted octanol–water partition coefficient (Wildman–Crippen LogP) is 3.71. The first kappa shape index (κ1) is 42.3. The van der Waals surface area contributed by atoms with Gasteiger partial charge >= 0.3 is 0 Å². The molecule has 0 radical (unpaired) electrons. The Hall–Kier alpha value is -4.49. The number of carbonyl (C=O) groups excluding carboxylic acids is 5. The number of nitrogens with one attached hydrogen (secondary N) is 4. The van der Waals surface area contributed by atoms with Gasteiger partial charge in [0, 0.05) is 24.9 Å². The second kappa shape index (κ2) is 18.7. The van der Waals surface area contributed by atoms with Crippen molar-refractivity contribution < 1.29 is 29.1 Å². The molecule has 0 saturated carbocycles. The molecule has 2 aliphatic rings. The van der Waals surface area contributed by atoms with E-state index in [1.807, 2.05) is 91.0 Å². The lowest BCUT2D eigenvalue weighted by Crippen LogP contribution is -2.63. The van der Waals surface area contributed by atoms with Gasteiger partial charge in [-0.2, -0.15) is 0 Å². The molecule has 1 aromatic carbocycles. The molecular formula is C41H59N7O6. The summed E-state index contributed by atoms with van der Waals surface area (Å²) in [4.78, 5) is 79.0. The Labute approximate surface area is 319 Å². The fourth-order valence-corrected chi connectivity index (χ4v) is 7.63. The molecular weight excluding hydrogens is 686 g/mol. The topological polar surface area (TPSA) is 183 Å². The highest BCUT2D eigenvalue weighted by Crippen LogP contribution is 2.39. The van der Waals surface area contributed by atoms with E-state index in [1.165, 1.54) is 18.6 Å². The number of hydrogen-bond donors (Lipinski definition) is 5. The highest BCUT2D eigenvalue weighted by atomic mass is 16.3. The van der Waals surface area contributed by atoms with Crippen LogP contribution in [0.1, 0.15) is 103 Å². The number of hydrogen-bond acceptors (Lipinski definition) is 9. The highest BCUT2D eigenvalue weighted by Gasteiger charge is 2.51. The summed E-state index contributed by atoms with van der Waals surface area (Å²) >= 11 is 0. The van der Waals surface area contributed by atoms with Crippen LogP contribution < -0.4 is 21.3 Å². The SMILES string of the molecule is CCC(CC)C(NC(=O)C1[C@H]2CC=C[C@H]2CN1C(=O)C(NC(O)C(CC(C)C)NC(=O)c1cnccn1)C(C)(C)C)C(=O)C(=O)N[C@@H](C)c1ccccc1. The van der Waals surface area contributed by atoms with Gasteiger partial charge in [0.15, 0.2) is 0 Å². The Morgan fingerprint density at radius 1 is 0.963 bits per heavy atom. The zero-order valence-corrected chi connectivity index (χ0v) is 32.9. The number of nitrogens with zero attached hydrogens (tertiary/aromatic N) is 3. The largest absolute Gasteiger partial charge is 0.376 e. The lowest BCUT2D eigenvalue weighted by molar-refractivity contribution is -0.146. The molecule has 1 aliphatic heterocycles. The average molecular weight is 746 g/mol. The molecule has 1 aromatic heterocycles. The van der Waals surface area contributed by atoms with Crippen molar-refractivity contribution >= 4 is 29.4 Å². The molecule has 13 heteroatoms. The molecule has 13 nitrogen and oxygen atoms in total. The number of rotatable bonds is 17. The van der Waals surface area contributed by atoms with Gasteiger partial charge in [-0.1, -0.05) is 104 Å². The van der Waals surface area contributed by atoms with Gasteiger partial charge in [-0.3, -0.25) is 34.3 Å². The van der Waals surface area contributed by atoms with Crippen LogP contribution in [0.3, 0.4) is 0 Å². The van der Waals surface area contributed by atoms with E-state index < -0.39 is 65.4 Å². The molecule has 4 amide bonds. The quantitative estimate of drug-likeness (QED) is 0.0916. The first-order valence-electron chi connectivity index (χ1n) is 19.2. The number of carbonyl (C=O) groups is 5. The number of allylic oxidation sites excluding steroid dienone is 1. The minimum absolute atomic E-state index is 0.0764. The summed E-state index contributed by atoms with van der Waals surface area (Å²) in [5.41, 5.74) is 0.212. The summed E-state index contributed by atoms with van der Waals surface area (Å²) in [6.07, 6.45) is 8.99. The first-order valence-corrected chi connectivity index (χ1v) is 19.2. The second-order valence-electron chi connectivity index (χ2n) is 16.2. The van der Waals surface area contributed by atoms with E-state index in [1.54, 1.807) is 11.8 Å². The Morgan fingerprint density at radius 2 is 1.65 bits per heavy atom. The zero-order valence-electron chi connectivity index (χ0n) is 32.9. The molecule has 294 valence electrons. The van der Waals surface area contributed by atoms with Crippen LogP contribution in [0.5, 0.6) is 0 Å². The number of ketones is 1. The van der Waals surface area contributed by atoms with Crippen molar-refractivity contribution in [1.82, 2.24) is 36.1 Å². The Balaban J connectivity index is 1.57. The molecule has 0 spiro atoms. The van der Waals surface area contributed by atoms with Gasteiger partial charge in [-0.05, 0) is 48.5 Å². The number of Topliss-reactive ketones (excluding diaryl/α,β-unsaturated/α-hetero) is 1. The first-order chi connectivity index (χ1) is 25.6. The highest BCUT2D eigenvalue weighted by molar-refractivity contribution is 6.38. The second-order valence-corrected chi connectivity index (χ2v) is 16.2. The maximum atomic E-state index is 14.7. The third kappa shape index (κ3) is 10.4. The molecule has 8 atom stereocenters. The van der Waals surface area contributed by atoms with Crippen molar-refractivity contribution in [1.29, 1.82) is 0 Å². The predicted molar refractivity (Wildman–Crippen MR) is 205 cm³/mol. The van der Waals surface area contributed by atoms with Crippen molar-refractivity contribution in [3.63, 3.8) is 0 Å². The average Bonchev–Trinajstić information content (AvgIpc) is 3.75. The van der Waals surface area contributed by atoms with E-state index in [9.17, 15) is 29.1 Å². The number of fused-ring (bicyclic) bond motifs is 1. The lowest BCUT2D eigenvalue weighted by Gasteiger charge is -2.39. The van der Waals surface area contributed by atoms with E-state index in [0.717, 1.165) is 5.56 Å². The van der Waals surface area contributed by atoms with Gasteiger partial charge in [0.2, 0.25) is 17.6 Å². The number of benzene rings is 1. The molecule has 1 fully saturated rings. The van der Waals surface area contributed by atoms with E-state index in [-0.39, 0.29) is 41.8 Å². The van der Waals surface area contributed by atoms with Crippen molar-refractivity contribution in [2.75, 3.05) is 6.54 Å². The van der Waals surface area contributed by atoms with Gasteiger partial charge in [0.05, 0.1) is 24.3 Å². The van der Waals surface area contributed by atoms with Crippen LogP contribution in [0.25, 0.3) is 0 Å². The van der Waals surface area contributed by atoms with Crippen LogP contribution in [0.2, 0.25) is 0 Å². The molecule has 5 N–H and O–H groups in total. The number of likely N-dealkylation sites (tertiary alicyclic amines) is 1. The van der Waals surface area contributed by atoms with Crippen molar-refractivity contribution in [3.05, 3.63) is 72.3 Å². The summed E-state index contributed by atoms with van der Waals surface area (Å²) in [6.45, 7) is 15.4. The van der Waals surface area contributed by atoms with Gasteiger partial charge in [0.25, 0.3) is 11.8 Å². The third-order valence-electron chi connectivity index (χ3n) is 10.7. The monoisotopic (exact) mass is 745 g/mol. The smallest absolute Gasteiger partial charge is 0.290 e. The van der Waals surface area contributed by atoms with Crippen molar-refractivity contribution in [2.24, 2.45) is 29.1 Å². The van der Waals surface area contributed by atoms with E-state index in [4.69, 9.17) is 0 Å². The molecule has 0 bridgehead atoms. The molecule has 1 saturated heterocycles. The van der Waals surface area contributed by atoms with Gasteiger partial charge in [-0.15, -0.1) is 0 Å². The van der Waals surface area contributed by atoms with Crippen LogP contribution in [0.4, 0.5) is 0 Å². The number of amides is 4. The minimum atomic E-state index is -1.33. The Morgan fingerprint density at radius 3 is 2.24 bits per heavy atom. The van der Waals surface area contributed by atoms with Crippen LogP contribution in [-0.2, 0) is 19.2 Å². The molecule has 4 rings (SSSR count). The van der Waals surface area contributed by atoms with Crippen LogP contribution in [0, 0.1) is 29.1 Å². The summed E-state index contributed by atoms with van der Waals surface area (Å²) in [7, 11) is 0. The van der Waals surface area contributed by atoms with E-state index in [2.05, 4.69) is 31.2 Å². The zero-order chi connectivity index (χ0) is 39.7. The van der Waals surface area contributed by atoms with Crippen molar-refractivity contribution in [3.8, 4) is 0 Å². The normalized spacial score (nSPS) is 20.9. The molecule has 54 heavy (non-hydrogen) atoms. The Kier molecular flexibility index (Phi) is 14.6. The van der Waals surface area contributed by atoms with Gasteiger partial charge in [-0.25, -0.2) is 4.98 Å². The fraction of sp³-hybridized carbons (Fsp3) is 0.585. The third-order valence-corrected chi connectivity index (χ3v) is 10.7. The lowest BCUT2D eigenvalue weighted by atomic mass is 9.84. The Bertz CT molecular complexity index is 1630. The number of aromatic nitrogens is 2. The van der Waals surface area contributed by atoms with Crippen LogP contribution in [-0.4, -0.2) is 86.3 Å². The van der Waals surface area contributed by atoms with Gasteiger partial charge < -0.3 is 26.0 Å². The minimum Gasteiger partial charge on any atom is -0.376 e. The van der Waals surface area contributed by atoms with Crippen molar-refractivity contribution in [2.45, 2.75) is 118 Å². The number of aliphatic hydroxyl groups excluding tert-OH is 1. The maximum absolute atomic E-state index is 14.7. The van der Waals surface area contributed by atoms with E-state index >= 15 is 0 Å². The maximum Gasteiger partial charge on any atom is 0.290 e. The van der Waals surface area contributed by atoms with E-state index in [0.29, 0.717) is 25.7 Å². The molecule has 2 heterocycles. The molecule has 1 aliphatic carbocycles.